The summed E-state index contributed by atoms with van der Waals surface area (Å²) in [5.74, 6) is 1.16. The molecule has 1 rings (SSSR count). The van der Waals surface area contributed by atoms with Crippen LogP contribution >= 0.6 is 24.0 Å². The average Bonchev–Trinajstić information content (AvgIpc) is 2.76. The van der Waals surface area contributed by atoms with Gasteiger partial charge in [-0.2, -0.15) is 0 Å². The van der Waals surface area contributed by atoms with Gasteiger partial charge in [-0.1, -0.05) is 13.8 Å². The molecule has 0 aromatic carbocycles. The summed E-state index contributed by atoms with van der Waals surface area (Å²) in [5, 5.41) is 12.2. The molecule has 1 fully saturated rings. The van der Waals surface area contributed by atoms with Crippen LogP contribution in [0.2, 0.25) is 0 Å². The highest BCUT2D eigenvalue weighted by Gasteiger charge is 2.34. The Balaban J connectivity index is 0.00000324. The Hall–Kier alpha value is -0.0800. The number of nitrogens with two attached hydrogens (primary N) is 1. The van der Waals surface area contributed by atoms with Crippen molar-refractivity contribution in [3.05, 3.63) is 0 Å². The molecule has 0 saturated carbocycles. The Labute approximate surface area is 133 Å². The summed E-state index contributed by atoms with van der Waals surface area (Å²) in [6.07, 6.45) is 2.77. The second-order valence-electron chi connectivity index (χ2n) is 5.59. The minimum Gasteiger partial charge on any atom is -0.396 e. The van der Waals surface area contributed by atoms with E-state index in [1.54, 1.807) is 0 Å². The van der Waals surface area contributed by atoms with E-state index in [0.717, 1.165) is 32.4 Å². The zero-order valence-electron chi connectivity index (χ0n) is 12.0. The Bertz CT molecular complexity index is 267. The lowest BCUT2D eigenvalue weighted by atomic mass is 9.84. The minimum atomic E-state index is -0.0148. The van der Waals surface area contributed by atoms with Gasteiger partial charge in [0.25, 0.3) is 0 Å². The van der Waals surface area contributed by atoms with E-state index in [1.807, 2.05) is 0 Å². The first-order valence-electron chi connectivity index (χ1n) is 6.80. The van der Waals surface area contributed by atoms with Gasteiger partial charge in [-0.15, -0.1) is 24.0 Å². The maximum atomic E-state index is 9.11. The molecule has 0 aliphatic carbocycles. The minimum absolute atomic E-state index is 0. The Kier molecular flexibility index (Phi) is 9.72. The largest absolute Gasteiger partial charge is 0.396 e. The first kappa shape index (κ1) is 18.9. The van der Waals surface area contributed by atoms with Crippen molar-refractivity contribution in [3.8, 4) is 0 Å². The van der Waals surface area contributed by atoms with Crippen LogP contribution in [0.25, 0.3) is 0 Å². The van der Waals surface area contributed by atoms with Crippen molar-refractivity contribution in [1.82, 2.24) is 5.32 Å². The van der Waals surface area contributed by atoms with Gasteiger partial charge in [0.1, 0.15) is 0 Å². The smallest absolute Gasteiger partial charge is 0.188 e. The van der Waals surface area contributed by atoms with Gasteiger partial charge < -0.3 is 20.9 Å². The SMILES string of the molecule is CC(C)CCNC(N)=NCC1(CCO)CCOC1.I. The summed E-state index contributed by atoms with van der Waals surface area (Å²) in [5.41, 5.74) is 5.81. The lowest BCUT2D eigenvalue weighted by Crippen LogP contribution is -2.35. The lowest BCUT2D eigenvalue weighted by molar-refractivity contribution is 0.131. The highest BCUT2D eigenvalue weighted by atomic mass is 127. The number of nitrogens with one attached hydrogen (secondary N) is 1. The van der Waals surface area contributed by atoms with Gasteiger partial charge in [-0.3, -0.25) is 4.99 Å². The summed E-state index contributed by atoms with van der Waals surface area (Å²) < 4.78 is 5.42. The number of guanidine groups is 1. The molecule has 1 unspecified atom stereocenters. The van der Waals surface area contributed by atoms with E-state index < -0.39 is 0 Å². The van der Waals surface area contributed by atoms with E-state index in [9.17, 15) is 0 Å². The standard InChI is InChI=1S/C13H27N3O2.HI/c1-11(2)3-6-15-12(14)16-9-13(4-7-17)5-8-18-10-13;/h11,17H,3-10H2,1-2H3,(H3,14,15,16);1H. The average molecular weight is 385 g/mol. The highest BCUT2D eigenvalue weighted by molar-refractivity contribution is 14.0. The molecule has 0 amide bonds. The molecule has 1 aliphatic heterocycles. The first-order chi connectivity index (χ1) is 8.58. The maximum Gasteiger partial charge on any atom is 0.188 e. The van der Waals surface area contributed by atoms with E-state index >= 15 is 0 Å². The van der Waals surface area contributed by atoms with E-state index in [-0.39, 0.29) is 36.0 Å². The van der Waals surface area contributed by atoms with E-state index in [4.69, 9.17) is 15.6 Å². The summed E-state index contributed by atoms with van der Waals surface area (Å²) in [4.78, 5) is 4.39. The van der Waals surface area contributed by atoms with Crippen LogP contribution in [0, 0.1) is 11.3 Å². The van der Waals surface area contributed by atoms with Gasteiger partial charge >= 0.3 is 0 Å². The van der Waals surface area contributed by atoms with Crippen LogP contribution in [-0.2, 0) is 4.74 Å². The first-order valence-corrected chi connectivity index (χ1v) is 6.80. The zero-order chi connectivity index (χ0) is 13.4. The summed E-state index contributed by atoms with van der Waals surface area (Å²) in [7, 11) is 0. The molecule has 5 nitrogen and oxygen atoms in total. The monoisotopic (exact) mass is 385 g/mol. The molecule has 0 spiro atoms. The van der Waals surface area contributed by atoms with Crippen molar-refractivity contribution in [2.24, 2.45) is 22.1 Å². The molecule has 0 bridgehead atoms. The molecule has 1 atom stereocenters. The van der Waals surface area contributed by atoms with E-state index in [1.165, 1.54) is 0 Å². The van der Waals surface area contributed by atoms with Crippen molar-refractivity contribution >= 4 is 29.9 Å². The third-order valence-corrected chi connectivity index (χ3v) is 3.44. The molecule has 114 valence electrons. The van der Waals surface area contributed by atoms with Gasteiger partial charge in [-0.05, 0) is 25.2 Å². The number of hydrogen-bond donors (Lipinski definition) is 3. The fourth-order valence-corrected chi connectivity index (χ4v) is 2.09. The van der Waals surface area contributed by atoms with Crippen molar-refractivity contribution in [1.29, 1.82) is 0 Å². The molecule has 1 aliphatic rings. The van der Waals surface area contributed by atoms with Crippen LogP contribution in [0.15, 0.2) is 4.99 Å². The molecule has 0 aromatic heterocycles. The number of rotatable bonds is 7. The number of aliphatic hydroxyl groups is 1. The third kappa shape index (κ3) is 7.31. The lowest BCUT2D eigenvalue weighted by Gasteiger charge is -2.24. The van der Waals surface area contributed by atoms with Gasteiger partial charge in [0, 0.05) is 25.2 Å². The predicted molar refractivity (Wildman–Crippen MR) is 88.9 cm³/mol. The van der Waals surface area contributed by atoms with Crippen LogP contribution < -0.4 is 11.1 Å². The quantitative estimate of drug-likeness (QED) is 0.351. The van der Waals surface area contributed by atoms with Crippen LogP contribution in [0.4, 0.5) is 0 Å². The van der Waals surface area contributed by atoms with Gasteiger partial charge in [0.2, 0.25) is 0 Å². The van der Waals surface area contributed by atoms with Gasteiger partial charge in [0.15, 0.2) is 5.96 Å². The van der Waals surface area contributed by atoms with Crippen LogP contribution in [0.3, 0.4) is 0 Å². The fraction of sp³-hybridized carbons (Fsp3) is 0.923. The molecule has 4 N–H and O–H groups in total. The van der Waals surface area contributed by atoms with Crippen LogP contribution in [0.5, 0.6) is 0 Å². The van der Waals surface area contributed by atoms with Crippen molar-refractivity contribution in [3.63, 3.8) is 0 Å². The Morgan fingerprint density at radius 1 is 1.53 bits per heavy atom. The molecule has 1 heterocycles. The number of nitrogens with zero attached hydrogens (tertiary/aromatic N) is 1. The van der Waals surface area contributed by atoms with Crippen LogP contribution in [0.1, 0.15) is 33.1 Å². The predicted octanol–water partition coefficient (Wildman–Crippen LogP) is 1.34. The van der Waals surface area contributed by atoms with Gasteiger partial charge in [-0.25, -0.2) is 0 Å². The molecule has 0 aromatic rings. The maximum absolute atomic E-state index is 9.11. The number of hydrogen-bond acceptors (Lipinski definition) is 3. The molecular formula is C13H28IN3O2. The summed E-state index contributed by atoms with van der Waals surface area (Å²) in [6, 6.07) is 0. The molecule has 1 saturated heterocycles. The van der Waals surface area contributed by atoms with Crippen molar-refractivity contribution in [2.75, 3.05) is 32.9 Å². The Morgan fingerprint density at radius 2 is 2.26 bits per heavy atom. The number of ether oxygens (including phenoxy) is 1. The summed E-state index contributed by atoms with van der Waals surface area (Å²) >= 11 is 0. The third-order valence-electron chi connectivity index (χ3n) is 3.44. The van der Waals surface area contributed by atoms with E-state index in [2.05, 4.69) is 24.2 Å². The summed E-state index contributed by atoms with van der Waals surface area (Å²) in [6.45, 7) is 7.47. The topological polar surface area (TPSA) is 79.9 Å². The fourth-order valence-electron chi connectivity index (χ4n) is 2.09. The Morgan fingerprint density at radius 3 is 2.79 bits per heavy atom. The number of aliphatic hydroxyl groups excluding tert-OH is 1. The van der Waals surface area contributed by atoms with Gasteiger partial charge in [0.05, 0.1) is 13.2 Å². The van der Waals surface area contributed by atoms with E-state index in [0.29, 0.717) is 25.0 Å². The number of halogens is 1. The molecular weight excluding hydrogens is 357 g/mol. The second kappa shape index (κ2) is 9.77. The number of aliphatic imine (C=N–C) groups is 1. The molecule has 19 heavy (non-hydrogen) atoms. The molecule has 6 heteroatoms. The van der Waals surface area contributed by atoms with Crippen molar-refractivity contribution < 1.29 is 9.84 Å². The highest BCUT2D eigenvalue weighted by Crippen LogP contribution is 2.32. The van der Waals surface area contributed by atoms with Crippen LogP contribution in [-0.4, -0.2) is 44.0 Å². The normalized spacial score (nSPS) is 23.5. The zero-order valence-corrected chi connectivity index (χ0v) is 14.4. The van der Waals surface area contributed by atoms with Crippen molar-refractivity contribution in [2.45, 2.75) is 33.1 Å². The molecule has 0 radical (unpaired) electrons. The second-order valence-corrected chi connectivity index (χ2v) is 5.59.